The standard InChI is InChI=1S/C12H20N2O4Si.C11H19BrN2O3Si.2CH4/c1-17-12(16)10-7-14(11(8-15)13-10)9-18-5-6-19(2,3)4;1-16-10(15)9-7-14(11(12)13-9)8-17-5-6-18(2,3)4;;/h7-8H,5-6,9H2,1-4H3;7H,5-6,8H2,1-4H3;2*1H4. The first-order valence-electron chi connectivity index (χ1n) is 11.8. The zero-order valence-corrected chi connectivity index (χ0v) is 26.6. The van der Waals surface area contributed by atoms with Gasteiger partial charge in [-0.3, -0.25) is 4.79 Å². The zero-order valence-electron chi connectivity index (χ0n) is 23.0. The Morgan fingerprint density at radius 3 is 1.64 bits per heavy atom. The number of aromatic nitrogens is 4. The highest BCUT2D eigenvalue weighted by Crippen LogP contribution is 2.13. The third kappa shape index (κ3) is 15.3. The first kappa shape index (κ1) is 39.0. The molecule has 0 aliphatic heterocycles. The van der Waals surface area contributed by atoms with Crippen molar-refractivity contribution in [3.05, 3.63) is 34.3 Å². The van der Waals surface area contributed by atoms with Crippen molar-refractivity contribution in [1.82, 2.24) is 19.1 Å². The maximum absolute atomic E-state index is 11.3. The number of halogens is 1. The maximum Gasteiger partial charge on any atom is 0.358 e. The number of aldehydes is 1. The molecule has 39 heavy (non-hydrogen) atoms. The number of imidazole rings is 2. The lowest BCUT2D eigenvalue weighted by atomic mass is 10.5. The van der Waals surface area contributed by atoms with Crippen LogP contribution in [-0.2, 0) is 32.4 Å². The molecule has 11 nitrogen and oxygen atoms in total. The summed E-state index contributed by atoms with van der Waals surface area (Å²) in [5, 5.41) is 0. The lowest BCUT2D eigenvalue weighted by Crippen LogP contribution is -2.22. The largest absolute Gasteiger partial charge is 0.464 e. The molecule has 0 bridgehead atoms. The fourth-order valence-corrected chi connectivity index (χ4v) is 4.51. The summed E-state index contributed by atoms with van der Waals surface area (Å²) in [4.78, 5) is 41.4. The first-order valence-corrected chi connectivity index (χ1v) is 20.0. The fraction of sp³-hybridized carbons (Fsp3) is 0.640. The van der Waals surface area contributed by atoms with Gasteiger partial charge in [-0.05, 0) is 28.0 Å². The van der Waals surface area contributed by atoms with Crippen LogP contribution in [0.15, 0.2) is 17.1 Å². The smallest absolute Gasteiger partial charge is 0.358 e. The van der Waals surface area contributed by atoms with E-state index < -0.39 is 28.1 Å². The van der Waals surface area contributed by atoms with Gasteiger partial charge in [0.15, 0.2) is 28.2 Å². The van der Waals surface area contributed by atoms with E-state index in [1.807, 2.05) is 0 Å². The minimum absolute atomic E-state index is 0. The molecule has 2 heterocycles. The van der Waals surface area contributed by atoms with Gasteiger partial charge in [0.05, 0.1) is 14.2 Å². The van der Waals surface area contributed by atoms with Gasteiger partial charge in [-0.15, -0.1) is 0 Å². The Labute approximate surface area is 243 Å². The molecule has 0 N–H and O–H groups in total. The summed E-state index contributed by atoms with van der Waals surface area (Å²) < 4.78 is 24.0. The second-order valence-corrected chi connectivity index (χ2v) is 22.6. The van der Waals surface area contributed by atoms with E-state index in [4.69, 9.17) is 9.47 Å². The molecule has 2 rings (SSSR count). The van der Waals surface area contributed by atoms with Gasteiger partial charge in [0.25, 0.3) is 0 Å². The number of rotatable bonds is 13. The van der Waals surface area contributed by atoms with Crippen LogP contribution in [0.4, 0.5) is 0 Å². The van der Waals surface area contributed by atoms with E-state index in [1.54, 1.807) is 10.8 Å². The van der Waals surface area contributed by atoms with Crippen LogP contribution >= 0.6 is 15.9 Å². The number of methoxy groups -OCH3 is 2. The summed E-state index contributed by atoms with van der Waals surface area (Å²) in [5.41, 5.74) is 0.386. The number of nitrogens with zero attached hydrogens (tertiary/aromatic N) is 4. The van der Waals surface area contributed by atoms with E-state index in [2.05, 4.69) is 74.7 Å². The van der Waals surface area contributed by atoms with Crippen LogP contribution in [-0.4, -0.2) is 80.9 Å². The molecule has 2 aromatic heterocycles. The number of carbonyl (C=O) groups excluding carboxylic acids is 3. The molecule has 0 amide bonds. The van der Waals surface area contributed by atoms with Crippen molar-refractivity contribution in [2.45, 2.75) is 79.7 Å². The Balaban J connectivity index is 0. The Kier molecular flexibility index (Phi) is 18.3. The summed E-state index contributed by atoms with van der Waals surface area (Å²) >= 11 is 3.28. The van der Waals surface area contributed by atoms with Crippen LogP contribution in [0.25, 0.3) is 0 Å². The van der Waals surface area contributed by atoms with E-state index in [-0.39, 0.29) is 38.8 Å². The van der Waals surface area contributed by atoms with Gasteiger partial charge in [-0.2, -0.15) is 0 Å². The topological polar surface area (TPSA) is 124 Å². The number of ether oxygens (including phenoxy) is 4. The summed E-state index contributed by atoms with van der Waals surface area (Å²) in [7, 11) is 0.411. The molecule has 0 fully saturated rings. The van der Waals surface area contributed by atoms with Crippen molar-refractivity contribution in [1.29, 1.82) is 0 Å². The van der Waals surface area contributed by atoms with Crippen LogP contribution in [0, 0.1) is 0 Å². The molecular formula is C25H47BrN4O7Si2. The monoisotopic (exact) mass is 650 g/mol. The van der Waals surface area contributed by atoms with Crippen LogP contribution in [0.2, 0.25) is 51.4 Å². The van der Waals surface area contributed by atoms with Gasteiger partial charge < -0.3 is 28.1 Å². The molecule has 0 atom stereocenters. The van der Waals surface area contributed by atoms with Gasteiger partial charge in [0.2, 0.25) is 0 Å². The number of esters is 2. The molecule has 0 radical (unpaired) electrons. The van der Waals surface area contributed by atoms with Crippen molar-refractivity contribution in [2.75, 3.05) is 27.4 Å². The summed E-state index contributed by atoms with van der Waals surface area (Å²) in [6.45, 7) is 15.7. The summed E-state index contributed by atoms with van der Waals surface area (Å²) in [6, 6.07) is 2.16. The average Bonchev–Trinajstić information content (AvgIpc) is 3.41. The third-order valence-corrected chi connectivity index (χ3v) is 8.92. The highest BCUT2D eigenvalue weighted by Gasteiger charge is 2.16. The van der Waals surface area contributed by atoms with E-state index in [0.29, 0.717) is 24.4 Å². The van der Waals surface area contributed by atoms with Gasteiger partial charge in [-0.1, -0.05) is 54.1 Å². The second kappa shape index (κ2) is 18.3. The predicted octanol–water partition coefficient (Wildman–Crippen LogP) is 5.81. The van der Waals surface area contributed by atoms with Crippen LogP contribution in [0.1, 0.15) is 46.4 Å². The maximum atomic E-state index is 11.3. The zero-order chi connectivity index (χ0) is 28.2. The van der Waals surface area contributed by atoms with Crippen LogP contribution < -0.4 is 0 Å². The molecule has 0 spiro atoms. The highest BCUT2D eigenvalue weighted by atomic mass is 79.9. The minimum Gasteiger partial charge on any atom is -0.464 e. The molecule has 0 aromatic carbocycles. The molecule has 14 heteroatoms. The lowest BCUT2D eigenvalue weighted by Gasteiger charge is -2.15. The van der Waals surface area contributed by atoms with Crippen molar-refractivity contribution >= 4 is 50.3 Å². The SMILES string of the molecule is C.C.COC(=O)c1cn(COCC[Si](C)(C)C)c(Br)n1.COC(=O)c1cn(COCC[Si](C)(C)C)c(C=O)n1. The van der Waals surface area contributed by atoms with Gasteiger partial charge >= 0.3 is 11.9 Å². The lowest BCUT2D eigenvalue weighted by molar-refractivity contribution is 0.0584. The van der Waals surface area contributed by atoms with E-state index in [1.165, 1.54) is 25.0 Å². The molecule has 0 saturated carbocycles. The Morgan fingerprint density at radius 2 is 1.23 bits per heavy atom. The normalized spacial score (nSPS) is 10.9. The molecule has 224 valence electrons. The summed E-state index contributed by atoms with van der Waals surface area (Å²) in [6.07, 6.45) is 3.67. The van der Waals surface area contributed by atoms with Gasteiger partial charge in [0.1, 0.15) is 13.5 Å². The Morgan fingerprint density at radius 1 is 0.821 bits per heavy atom. The van der Waals surface area contributed by atoms with Gasteiger partial charge in [-0.25, -0.2) is 19.6 Å². The number of carbonyl (C=O) groups is 3. The van der Waals surface area contributed by atoms with Crippen LogP contribution in [0.3, 0.4) is 0 Å². The van der Waals surface area contributed by atoms with Crippen molar-refractivity contribution < 1.29 is 33.3 Å². The first-order chi connectivity index (χ1) is 17.2. The quantitative estimate of drug-likeness (QED) is 0.114. The molecule has 2 aromatic rings. The molecular weight excluding hydrogens is 604 g/mol. The molecule has 0 unspecified atom stereocenters. The fourth-order valence-electron chi connectivity index (χ4n) is 2.60. The average molecular weight is 652 g/mol. The molecule has 0 aliphatic rings. The van der Waals surface area contributed by atoms with E-state index in [9.17, 15) is 14.4 Å². The second-order valence-electron chi connectivity index (χ2n) is 10.6. The predicted molar refractivity (Wildman–Crippen MR) is 162 cm³/mol. The number of hydrogen-bond donors (Lipinski definition) is 0. The Hall–Kier alpha value is -2.14. The Bertz CT molecular complexity index is 1030. The molecule has 0 saturated heterocycles. The third-order valence-electron chi connectivity index (χ3n) is 4.88. The van der Waals surface area contributed by atoms with E-state index >= 15 is 0 Å². The van der Waals surface area contributed by atoms with Crippen molar-refractivity contribution in [3.63, 3.8) is 0 Å². The van der Waals surface area contributed by atoms with Crippen molar-refractivity contribution in [2.24, 2.45) is 0 Å². The van der Waals surface area contributed by atoms with Crippen molar-refractivity contribution in [3.8, 4) is 0 Å². The highest BCUT2D eigenvalue weighted by molar-refractivity contribution is 9.10. The minimum atomic E-state index is -1.13. The van der Waals surface area contributed by atoms with Crippen LogP contribution in [0.5, 0.6) is 0 Å². The number of hydrogen-bond acceptors (Lipinski definition) is 9. The summed E-state index contributed by atoms with van der Waals surface area (Å²) in [5.74, 6) is -0.853. The van der Waals surface area contributed by atoms with E-state index in [0.717, 1.165) is 18.7 Å². The van der Waals surface area contributed by atoms with Gasteiger partial charge in [0, 0.05) is 41.8 Å². The molecule has 0 aliphatic carbocycles.